The van der Waals surface area contributed by atoms with E-state index in [-0.39, 0.29) is 6.42 Å². The molecule has 0 unspecified atom stereocenters. The molecule has 4 atom stereocenters. The highest BCUT2D eigenvalue weighted by molar-refractivity contribution is 14.1. The summed E-state index contributed by atoms with van der Waals surface area (Å²) in [6.45, 7) is 0. The van der Waals surface area contributed by atoms with Gasteiger partial charge < -0.3 is 14.9 Å². The van der Waals surface area contributed by atoms with E-state index in [1.807, 2.05) is 0 Å². The molecule has 0 bridgehead atoms. The first-order chi connectivity index (χ1) is 7.99. The van der Waals surface area contributed by atoms with Crippen LogP contribution >= 0.6 is 22.6 Å². The number of hydrogen-bond acceptors (Lipinski definition) is 5. The van der Waals surface area contributed by atoms with Gasteiger partial charge in [-0.25, -0.2) is 4.79 Å². The molecule has 3 N–H and O–H groups in total. The summed E-state index contributed by atoms with van der Waals surface area (Å²) >= 11 is 1.73. The van der Waals surface area contributed by atoms with Crippen LogP contribution in [0.15, 0.2) is 21.9 Å². The van der Waals surface area contributed by atoms with E-state index in [0.29, 0.717) is 0 Å². The second kappa shape index (κ2) is 4.88. The average molecular weight is 354 g/mol. The Bertz CT molecular complexity index is 511. The first-order valence-corrected chi connectivity index (χ1v) is 6.21. The summed E-state index contributed by atoms with van der Waals surface area (Å²) in [5.74, 6) is 0. The Morgan fingerprint density at radius 2 is 2.29 bits per heavy atom. The van der Waals surface area contributed by atoms with Crippen molar-refractivity contribution in [1.82, 2.24) is 9.55 Å². The molecule has 8 heteroatoms. The molecule has 2 rings (SSSR count). The number of H-pyrrole nitrogens is 1. The molecule has 1 fully saturated rings. The van der Waals surface area contributed by atoms with Crippen LogP contribution in [-0.2, 0) is 4.74 Å². The van der Waals surface area contributed by atoms with Crippen LogP contribution in [0, 0.1) is 0 Å². The van der Waals surface area contributed by atoms with Crippen molar-refractivity contribution in [3.8, 4) is 0 Å². The Hall–Kier alpha value is -0.710. The fourth-order valence-corrected chi connectivity index (χ4v) is 2.40. The highest BCUT2D eigenvalue weighted by Crippen LogP contribution is 2.30. The van der Waals surface area contributed by atoms with Gasteiger partial charge in [0.1, 0.15) is 16.4 Å². The highest BCUT2D eigenvalue weighted by atomic mass is 127. The number of alkyl halides is 1. The van der Waals surface area contributed by atoms with Gasteiger partial charge in [-0.1, -0.05) is 0 Å². The van der Waals surface area contributed by atoms with E-state index in [0.717, 1.165) is 0 Å². The van der Waals surface area contributed by atoms with Gasteiger partial charge in [-0.05, 0) is 22.6 Å². The summed E-state index contributed by atoms with van der Waals surface area (Å²) in [5.41, 5.74) is -1.09. The molecular weight excluding hydrogens is 343 g/mol. The number of ether oxygens (including phenoxy) is 1. The third kappa shape index (κ3) is 2.59. The van der Waals surface area contributed by atoms with E-state index < -0.39 is 33.8 Å². The summed E-state index contributed by atoms with van der Waals surface area (Å²) in [7, 11) is 0. The molecule has 1 aromatic rings. The molecule has 1 aromatic heterocycles. The molecule has 1 saturated heterocycles. The third-order valence-corrected chi connectivity index (χ3v) is 3.28. The average Bonchev–Trinajstić information content (AvgIpc) is 2.60. The number of nitrogens with one attached hydrogen (secondary N) is 1. The van der Waals surface area contributed by atoms with Crippen LogP contribution in [0.5, 0.6) is 0 Å². The van der Waals surface area contributed by atoms with Gasteiger partial charge in [0, 0.05) is 18.7 Å². The molecule has 0 spiro atoms. The molecule has 2 heterocycles. The fourth-order valence-electron chi connectivity index (χ4n) is 1.75. The molecule has 0 saturated carbocycles. The number of aliphatic hydroxyl groups is 2. The zero-order chi connectivity index (χ0) is 12.6. The molecule has 0 amide bonds. The molecular formula is C9H11IN2O5. The van der Waals surface area contributed by atoms with E-state index in [4.69, 9.17) is 4.74 Å². The van der Waals surface area contributed by atoms with Crippen molar-refractivity contribution >= 4 is 22.6 Å². The molecule has 0 aliphatic carbocycles. The first kappa shape index (κ1) is 12.7. The lowest BCUT2D eigenvalue weighted by Crippen LogP contribution is -2.32. The van der Waals surface area contributed by atoms with Crippen LogP contribution in [-0.4, -0.2) is 36.1 Å². The quantitative estimate of drug-likeness (QED) is 0.464. The summed E-state index contributed by atoms with van der Waals surface area (Å²) < 4.78 is 5.70. The van der Waals surface area contributed by atoms with Crippen molar-refractivity contribution in [3.05, 3.63) is 33.1 Å². The SMILES string of the molecule is O=c1ccn([C@H]2C[C@H](O)[C@@H]([C@@H](O)I)O2)c(=O)[nH]1. The molecule has 0 aromatic carbocycles. The van der Waals surface area contributed by atoms with Gasteiger partial charge in [-0.2, -0.15) is 0 Å². The van der Waals surface area contributed by atoms with Crippen LogP contribution in [0.3, 0.4) is 0 Å². The predicted molar refractivity (Wildman–Crippen MR) is 65.9 cm³/mol. The monoisotopic (exact) mass is 354 g/mol. The third-order valence-electron chi connectivity index (χ3n) is 2.57. The van der Waals surface area contributed by atoms with Gasteiger partial charge in [-0.15, -0.1) is 0 Å². The van der Waals surface area contributed by atoms with Crippen molar-refractivity contribution in [2.45, 2.75) is 29.0 Å². The molecule has 94 valence electrons. The zero-order valence-corrected chi connectivity index (χ0v) is 10.8. The molecule has 7 nitrogen and oxygen atoms in total. The minimum Gasteiger partial charge on any atom is -0.390 e. The minimum absolute atomic E-state index is 0.191. The molecule has 0 radical (unpaired) electrons. The Labute approximate surface area is 109 Å². The Balaban J connectivity index is 2.26. The van der Waals surface area contributed by atoms with Crippen LogP contribution in [0.4, 0.5) is 0 Å². The molecule has 17 heavy (non-hydrogen) atoms. The standard InChI is InChI=1S/C9H11IN2O5/c10-8(15)7-4(13)3-6(17-7)12-2-1-5(14)11-9(12)16/h1-2,4,6-8,13,15H,3H2,(H,11,14,16)/t4-,6+,7-,8+/m0/s1. The van der Waals surface area contributed by atoms with Crippen molar-refractivity contribution in [2.24, 2.45) is 0 Å². The van der Waals surface area contributed by atoms with Crippen molar-refractivity contribution in [3.63, 3.8) is 0 Å². The van der Waals surface area contributed by atoms with E-state index in [1.54, 1.807) is 22.6 Å². The predicted octanol–water partition coefficient (Wildman–Crippen LogP) is -1.06. The number of aromatic amines is 1. The minimum atomic E-state index is -0.855. The first-order valence-electron chi connectivity index (χ1n) is 4.96. The van der Waals surface area contributed by atoms with E-state index in [2.05, 4.69) is 4.98 Å². The van der Waals surface area contributed by atoms with E-state index in [1.165, 1.54) is 16.8 Å². The Kier molecular flexibility index (Phi) is 3.66. The largest absolute Gasteiger partial charge is 0.390 e. The van der Waals surface area contributed by atoms with Gasteiger partial charge >= 0.3 is 5.69 Å². The lowest BCUT2D eigenvalue weighted by Gasteiger charge is -2.16. The Morgan fingerprint density at radius 3 is 2.82 bits per heavy atom. The van der Waals surface area contributed by atoms with Crippen LogP contribution in [0.25, 0.3) is 0 Å². The normalized spacial score (nSPS) is 30.4. The number of halogens is 1. The van der Waals surface area contributed by atoms with Gasteiger partial charge in [0.25, 0.3) is 5.56 Å². The lowest BCUT2D eigenvalue weighted by atomic mass is 10.2. The van der Waals surface area contributed by atoms with Crippen molar-refractivity contribution in [2.75, 3.05) is 0 Å². The van der Waals surface area contributed by atoms with Gasteiger partial charge in [-0.3, -0.25) is 14.3 Å². The molecule has 1 aliphatic heterocycles. The van der Waals surface area contributed by atoms with E-state index >= 15 is 0 Å². The number of aliphatic hydroxyl groups excluding tert-OH is 2. The maximum atomic E-state index is 11.5. The smallest absolute Gasteiger partial charge is 0.330 e. The van der Waals surface area contributed by atoms with Crippen molar-refractivity contribution < 1.29 is 14.9 Å². The van der Waals surface area contributed by atoms with E-state index in [9.17, 15) is 19.8 Å². The number of rotatable bonds is 2. The van der Waals surface area contributed by atoms with Crippen LogP contribution in [0.1, 0.15) is 12.6 Å². The van der Waals surface area contributed by atoms with Gasteiger partial charge in [0.15, 0.2) is 0 Å². The topological polar surface area (TPSA) is 105 Å². The summed E-state index contributed by atoms with van der Waals surface area (Å²) in [4.78, 5) is 24.5. The van der Waals surface area contributed by atoms with Crippen LogP contribution in [0.2, 0.25) is 0 Å². The van der Waals surface area contributed by atoms with Gasteiger partial charge in [0.05, 0.1) is 6.10 Å². The number of aromatic nitrogens is 2. The second-order valence-corrected chi connectivity index (χ2v) is 5.02. The van der Waals surface area contributed by atoms with Gasteiger partial charge in [0.2, 0.25) is 0 Å². The maximum absolute atomic E-state index is 11.5. The Morgan fingerprint density at radius 1 is 1.59 bits per heavy atom. The number of hydrogen-bond donors (Lipinski definition) is 3. The summed E-state index contributed by atoms with van der Waals surface area (Å²) in [6, 6.07) is 1.20. The van der Waals surface area contributed by atoms with Crippen LogP contribution < -0.4 is 11.2 Å². The highest BCUT2D eigenvalue weighted by Gasteiger charge is 2.38. The zero-order valence-electron chi connectivity index (χ0n) is 8.62. The molecule has 1 aliphatic rings. The summed E-state index contributed by atoms with van der Waals surface area (Å²) in [5, 5.41) is 19.0. The maximum Gasteiger partial charge on any atom is 0.330 e. The summed E-state index contributed by atoms with van der Waals surface area (Å²) in [6.07, 6.45) is -0.758. The fraction of sp³-hybridized carbons (Fsp3) is 0.556. The lowest BCUT2D eigenvalue weighted by molar-refractivity contribution is -0.0517. The second-order valence-electron chi connectivity index (χ2n) is 3.75. The van der Waals surface area contributed by atoms with Crippen molar-refractivity contribution in [1.29, 1.82) is 0 Å². The number of nitrogens with zero attached hydrogens (tertiary/aromatic N) is 1.